The number of carboxylic acid groups (broad SMARTS) is 1. The van der Waals surface area contributed by atoms with E-state index >= 15 is 0 Å². The van der Waals surface area contributed by atoms with Gasteiger partial charge in [0.2, 0.25) is 10.0 Å². The predicted molar refractivity (Wildman–Crippen MR) is 154 cm³/mol. The molecule has 0 bridgehead atoms. The van der Waals surface area contributed by atoms with Gasteiger partial charge in [0, 0.05) is 40.5 Å². The molecule has 3 aromatic rings. The van der Waals surface area contributed by atoms with Gasteiger partial charge in [-0.15, -0.1) is 11.3 Å². The Balaban J connectivity index is 1.56. The van der Waals surface area contributed by atoms with Crippen LogP contribution in [0.4, 0.5) is 19.7 Å². The molecule has 1 aliphatic carbocycles. The Morgan fingerprint density at radius 2 is 1.83 bits per heavy atom. The molecule has 10 nitrogen and oxygen atoms in total. The summed E-state index contributed by atoms with van der Waals surface area (Å²) < 4.78 is 48.6. The molecule has 0 radical (unpaired) electrons. The second kappa shape index (κ2) is 12.5. The third-order valence-corrected chi connectivity index (χ3v) is 9.46. The van der Waals surface area contributed by atoms with Crippen molar-refractivity contribution >= 4 is 39.2 Å². The molecule has 1 fully saturated rings. The van der Waals surface area contributed by atoms with E-state index in [1.54, 1.807) is 45.2 Å². The summed E-state index contributed by atoms with van der Waals surface area (Å²) in [6.45, 7) is 4.90. The first-order chi connectivity index (χ1) is 19.3. The number of nitrogens with one attached hydrogen (secondary N) is 3. The fourth-order valence-corrected chi connectivity index (χ4v) is 7.51. The van der Waals surface area contributed by atoms with Gasteiger partial charge in [-0.25, -0.2) is 32.1 Å². The number of thiazole rings is 1. The van der Waals surface area contributed by atoms with Crippen LogP contribution in [0.15, 0.2) is 53.6 Å². The van der Waals surface area contributed by atoms with Crippen molar-refractivity contribution in [3.05, 3.63) is 65.0 Å². The number of anilines is 1. The predicted octanol–water partition coefficient (Wildman–Crippen LogP) is 6.07. The average molecular weight is 605 g/mol. The summed E-state index contributed by atoms with van der Waals surface area (Å²) in [6, 6.07) is 10.4. The fraction of sp³-hybridized carbons (Fsp3) is 0.393. The van der Waals surface area contributed by atoms with Crippen molar-refractivity contribution in [3.63, 3.8) is 0 Å². The van der Waals surface area contributed by atoms with Crippen molar-refractivity contribution in [2.24, 2.45) is 0 Å². The van der Waals surface area contributed by atoms with Crippen LogP contribution in [0.5, 0.6) is 0 Å². The highest BCUT2D eigenvalue weighted by Gasteiger charge is 2.29. The third kappa shape index (κ3) is 8.24. The van der Waals surface area contributed by atoms with E-state index in [9.17, 15) is 22.4 Å². The zero-order valence-electron chi connectivity index (χ0n) is 22.9. The van der Waals surface area contributed by atoms with Gasteiger partial charge in [0.15, 0.2) is 0 Å². The van der Waals surface area contributed by atoms with Gasteiger partial charge in [-0.2, -0.15) is 0 Å². The number of aromatic nitrogens is 1. The molecule has 1 heterocycles. The van der Waals surface area contributed by atoms with Gasteiger partial charge in [-0.3, -0.25) is 5.32 Å². The highest BCUT2D eigenvalue weighted by molar-refractivity contribution is 7.89. The number of benzene rings is 2. The van der Waals surface area contributed by atoms with Gasteiger partial charge in [0.05, 0.1) is 14.8 Å². The number of halogens is 1. The summed E-state index contributed by atoms with van der Waals surface area (Å²) in [5.41, 5.74) is 0.0653. The molecule has 41 heavy (non-hydrogen) atoms. The van der Waals surface area contributed by atoms with Crippen molar-refractivity contribution < 1.29 is 32.2 Å². The van der Waals surface area contributed by atoms with Crippen LogP contribution in [0, 0.1) is 5.82 Å². The van der Waals surface area contributed by atoms with Crippen molar-refractivity contribution in [1.29, 1.82) is 0 Å². The molecular formula is C28H33FN4O6S2. The lowest BCUT2D eigenvalue weighted by molar-refractivity contribution is 0.153. The Bertz CT molecular complexity index is 1510. The number of amides is 2. The first-order valence-corrected chi connectivity index (χ1v) is 15.4. The van der Waals surface area contributed by atoms with E-state index < -0.39 is 33.6 Å². The highest BCUT2D eigenvalue weighted by atomic mass is 32.2. The van der Waals surface area contributed by atoms with Crippen molar-refractivity contribution in [1.82, 2.24) is 15.0 Å². The van der Waals surface area contributed by atoms with E-state index in [2.05, 4.69) is 20.3 Å². The SMILES string of the molecule is CC(C)(C)NS(=O)(=O)c1cc(NC(=O)OCc2ccccc2F)ccc1-c1cnc(C2CCC(NC(=O)O)CC2)s1. The van der Waals surface area contributed by atoms with Gasteiger partial charge >= 0.3 is 12.2 Å². The molecule has 13 heteroatoms. The summed E-state index contributed by atoms with van der Waals surface area (Å²) in [6.07, 6.45) is 2.70. The fourth-order valence-electron chi connectivity index (χ4n) is 4.66. The number of hydrogen-bond donors (Lipinski definition) is 4. The summed E-state index contributed by atoms with van der Waals surface area (Å²) in [5, 5.41) is 14.9. The van der Waals surface area contributed by atoms with Gasteiger partial charge in [-0.1, -0.05) is 24.3 Å². The van der Waals surface area contributed by atoms with E-state index in [-0.39, 0.29) is 34.7 Å². The van der Waals surface area contributed by atoms with Crippen LogP contribution in [0.3, 0.4) is 0 Å². The van der Waals surface area contributed by atoms with Crippen LogP contribution in [0.1, 0.15) is 62.9 Å². The second-order valence-electron chi connectivity index (χ2n) is 10.9. The maximum Gasteiger partial charge on any atom is 0.411 e. The van der Waals surface area contributed by atoms with Crippen LogP contribution in [0.2, 0.25) is 0 Å². The van der Waals surface area contributed by atoms with Gasteiger partial charge in [0.1, 0.15) is 12.4 Å². The van der Waals surface area contributed by atoms with E-state index in [0.29, 0.717) is 23.3 Å². The Hall–Kier alpha value is -3.55. The molecular weight excluding hydrogens is 571 g/mol. The molecule has 1 aliphatic rings. The van der Waals surface area contributed by atoms with Crippen LogP contribution < -0.4 is 15.4 Å². The molecule has 0 atom stereocenters. The van der Waals surface area contributed by atoms with Crippen LogP contribution >= 0.6 is 11.3 Å². The van der Waals surface area contributed by atoms with Crippen molar-refractivity contribution in [2.45, 2.75) is 75.5 Å². The molecule has 0 aliphatic heterocycles. The van der Waals surface area contributed by atoms with Crippen LogP contribution in [0.25, 0.3) is 10.4 Å². The Labute approximate surface area is 242 Å². The lowest BCUT2D eigenvalue weighted by atomic mass is 9.86. The minimum Gasteiger partial charge on any atom is -0.465 e. The summed E-state index contributed by atoms with van der Waals surface area (Å²) in [4.78, 5) is 28.6. The monoisotopic (exact) mass is 604 g/mol. The molecule has 4 rings (SSSR count). The first kappa shape index (κ1) is 30.4. The number of rotatable bonds is 8. The van der Waals surface area contributed by atoms with E-state index in [1.807, 2.05) is 0 Å². The normalized spacial score (nSPS) is 17.6. The molecule has 0 unspecified atom stereocenters. The Morgan fingerprint density at radius 1 is 1.12 bits per heavy atom. The van der Waals surface area contributed by atoms with Gasteiger partial charge < -0.3 is 15.2 Å². The maximum atomic E-state index is 13.9. The first-order valence-electron chi connectivity index (χ1n) is 13.1. The standard InChI is InChI=1S/C28H33FN4O6S2/c1-28(2,3)33-41(37,38)24-14-20(32-27(36)39-16-18-6-4-5-7-22(18)29)12-13-21(24)23-15-30-25(40-23)17-8-10-19(11-9-17)31-26(34)35/h4-7,12-15,17,19,31,33H,8-11,16H2,1-3H3,(H,32,36)(H,34,35). The topological polar surface area (TPSA) is 147 Å². The molecule has 4 N–H and O–H groups in total. The molecule has 220 valence electrons. The molecule has 1 aromatic heterocycles. The third-order valence-electron chi connectivity index (χ3n) is 6.47. The minimum absolute atomic E-state index is 0.0381. The summed E-state index contributed by atoms with van der Waals surface area (Å²) in [7, 11) is -4.03. The Kier molecular flexibility index (Phi) is 9.30. The van der Waals surface area contributed by atoms with Crippen LogP contribution in [-0.4, -0.2) is 42.3 Å². The summed E-state index contributed by atoms with van der Waals surface area (Å²) >= 11 is 1.40. The number of hydrogen-bond acceptors (Lipinski definition) is 7. The zero-order chi connectivity index (χ0) is 29.8. The Morgan fingerprint density at radius 3 is 2.49 bits per heavy atom. The smallest absolute Gasteiger partial charge is 0.411 e. The minimum atomic E-state index is -4.03. The highest BCUT2D eigenvalue weighted by Crippen LogP contribution is 2.40. The average Bonchev–Trinajstić information content (AvgIpc) is 3.37. The number of carbonyl (C=O) groups is 2. The molecule has 0 spiro atoms. The van der Waals surface area contributed by atoms with Gasteiger partial charge in [0.25, 0.3) is 0 Å². The number of ether oxygens (including phenoxy) is 1. The van der Waals surface area contributed by atoms with E-state index in [1.165, 1.54) is 35.6 Å². The molecule has 1 saturated carbocycles. The molecule has 2 aromatic carbocycles. The zero-order valence-corrected chi connectivity index (χ0v) is 24.6. The quantitative estimate of drug-likeness (QED) is 0.244. The second-order valence-corrected chi connectivity index (χ2v) is 13.6. The summed E-state index contributed by atoms with van der Waals surface area (Å²) in [5.74, 6) is -0.348. The molecule has 0 saturated heterocycles. The van der Waals surface area contributed by atoms with Gasteiger partial charge in [-0.05, 0) is 64.7 Å². The van der Waals surface area contributed by atoms with E-state index in [0.717, 1.165) is 17.8 Å². The number of nitrogens with zero attached hydrogens (tertiary/aromatic N) is 1. The molecule has 2 amide bonds. The van der Waals surface area contributed by atoms with E-state index in [4.69, 9.17) is 9.84 Å². The number of carbonyl (C=O) groups excluding carboxylic acids is 1. The number of sulfonamides is 1. The van der Waals surface area contributed by atoms with Crippen LogP contribution in [-0.2, 0) is 21.4 Å². The maximum absolute atomic E-state index is 13.9. The largest absolute Gasteiger partial charge is 0.465 e. The van der Waals surface area contributed by atoms with Crippen molar-refractivity contribution in [3.8, 4) is 10.4 Å². The lowest BCUT2D eigenvalue weighted by Gasteiger charge is -2.27. The van der Waals surface area contributed by atoms with Crippen molar-refractivity contribution in [2.75, 3.05) is 5.32 Å². The lowest BCUT2D eigenvalue weighted by Crippen LogP contribution is -2.40.